The maximum Gasteiger partial charge on any atom is 0.152 e. The fraction of sp³-hybridized carbons (Fsp3) is 0.227. The maximum atomic E-state index is 5.98. The van der Waals surface area contributed by atoms with Gasteiger partial charge in [0, 0.05) is 36.9 Å². The molecular formula is C22H21N5O. The van der Waals surface area contributed by atoms with E-state index in [2.05, 4.69) is 43.3 Å². The normalized spacial score (nSPS) is 17.2. The number of hydrogen-bond donors (Lipinski definition) is 1. The Morgan fingerprint density at radius 1 is 1.04 bits per heavy atom. The number of rotatable bonds is 5. The first kappa shape index (κ1) is 16.9. The molecular weight excluding hydrogens is 350 g/mol. The van der Waals surface area contributed by atoms with E-state index in [9.17, 15) is 0 Å². The average Bonchev–Trinajstić information content (AvgIpc) is 3.51. The van der Waals surface area contributed by atoms with E-state index in [1.807, 2.05) is 42.9 Å². The molecule has 6 nitrogen and oxygen atoms in total. The third kappa shape index (κ3) is 3.46. The Labute approximate surface area is 163 Å². The summed E-state index contributed by atoms with van der Waals surface area (Å²) < 4.78 is 5.98. The molecule has 0 unspecified atom stereocenters. The molecule has 1 fully saturated rings. The van der Waals surface area contributed by atoms with E-state index in [1.54, 1.807) is 6.20 Å². The lowest BCUT2D eigenvalue weighted by Gasteiger charge is -2.15. The number of nitrogens with zero attached hydrogens (tertiary/aromatic N) is 4. The number of aromatic amines is 1. The maximum absolute atomic E-state index is 5.98. The van der Waals surface area contributed by atoms with Crippen LogP contribution in [0.4, 0.5) is 0 Å². The number of hydrogen-bond acceptors (Lipinski definition) is 5. The van der Waals surface area contributed by atoms with Gasteiger partial charge in [-0.15, -0.1) is 0 Å². The van der Waals surface area contributed by atoms with E-state index in [0.29, 0.717) is 5.92 Å². The van der Waals surface area contributed by atoms with Crippen molar-refractivity contribution in [3.05, 3.63) is 78.6 Å². The molecule has 1 N–H and O–H groups in total. The highest BCUT2D eigenvalue weighted by Crippen LogP contribution is 2.30. The molecule has 0 aliphatic carbocycles. The summed E-state index contributed by atoms with van der Waals surface area (Å²) in [4.78, 5) is 11.1. The lowest BCUT2D eigenvalue weighted by molar-refractivity contribution is 0.295. The molecule has 4 aromatic rings. The van der Waals surface area contributed by atoms with Gasteiger partial charge in [0.15, 0.2) is 5.76 Å². The Morgan fingerprint density at radius 2 is 1.96 bits per heavy atom. The van der Waals surface area contributed by atoms with Crippen LogP contribution in [0.1, 0.15) is 23.7 Å². The minimum Gasteiger partial charge on any atom is -0.458 e. The summed E-state index contributed by atoms with van der Waals surface area (Å²) in [6.07, 6.45) is 8.41. The van der Waals surface area contributed by atoms with Crippen molar-refractivity contribution in [2.24, 2.45) is 0 Å². The fourth-order valence-corrected chi connectivity index (χ4v) is 3.85. The summed E-state index contributed by atoms with van der Waals surface area (Å²) in [5.74, 6) is 2.34. The summed E-state index contributed by atoms with van der Waals surface area (Å²) in [6, 6.07) is 14.3. The minimum absolute atomic E-state index is 0.519. The molecule has 0 spiro atoms. The van der Waals surface area contributed by atoms with Crippen LogP contribution in [-0.2, 0) is 6.54 Å². The SMILES string of the molecule is c1cc(-c2cc([C@@H]3CCN(Cc4ccc(-c5ccn[nH]5)o4)C3)ccn2)ccn1. The molecule has 0 amide bonds. The van der Waals surface area contributed by atoms with Gasteiger partial charge in [0.05, 0.1) is 12.2 Å². The van der Waals surface area contributed by atoms with Crippen molar-refractivity contribution in [2.75, 3.05) is 13.1 Å². The van der Waals surface area contributed by atoms with E-state index >= 15 is 0 Å². The Bertz CT molecular complexity index is 1040. The minimum atomic E-state index is 0.519. The van der Waals surface area contributed by atoms with Gasteiger partial charge < -0.3 is 4.42 Å². The summed E-state index contributed by atoms with van der Waals surface area (Å²) in [6.45, 7) is 2.92. The van der Waals surface area contributed by atoms with E-state index < -0.39 is 0 Å². The molecule has 5 rings (SSSR count). The molecule has 0 bridgehead atoms. The molecule has 6 heteroatoms. The molecule has 1 saturated heterocycles. The van der Waals surface area contributed by atoms with Gasteiger partial charge in [-0.3, -0.25) is 20.0 Å². The van der Waals surface area contributed by atoms with E-state index in [0.717, 1.165) is 54.5 Å². The van der Waals surface area contributed by atoms with Crippen molar-refractivity contribution < 1.29 is 4.42 Å². The van der Waals surface area contributed by atoms with Gasteiger partial charge in [-0.2, -0.15) is 5.10 Å². The number of nitrogens with one attached hydrogen (secondary N) is 1. The van der Waals surface area contributed by atoms with Gasteiger partial charge in [-0.1, -0.05) is 0 Å². The second kappa shape index (κ2) is 7.40. The number of likely N-dealkylation sites (tertiary alicyclic amines) is 1. The molecule has 0 saturated carbocycles. The third-order valence-electron chi connectivity index (χ3n) is 5.31. The first-order valence-corrected chi connectivity index (χ1v) is 9.52. The van der Waals surface area contributed by atoms with Gasteiger partial charge >= 0.3 is 0 Å². The van der Waals surface area contributed by atoms with Crippen molar-refractivity contribution in [1.29, 1.82) is 0 Å². The highest BCUT2D eigenvalue weighted by Gasteiger charge is 2.25. The summed E-state index contributed by atoms with van der Waals surface area (Å²) in [5, 5.41) is 6.92. The summed E-state index contributed by atoms with van der Waals surface area (Å²) in [5.41, 5.74) is 4.37. The number of H-pyrrole nitrogens is 1. The smallest absolute Gasteiger partial charge is 0.152 e. The predicted octanol–water partition coefficient (Wildman–Crippen LogP) is 4.12. The third-order valence-corrected chi connectivity index (χ3v) is 5.31. The van der Waals surface area contributed by atoms with E-state index in [1.165, 1.54) is 5.56 Å². The van der Waals surface area contributed by atoms with Crippen molar-refractivity contribution in [3.8, 4) is 22.7 Å². The lowest BCUT2D eigenvalue weighted by atomic mass is 9.98. The van der Waals surface area contributed by atoms with Crippen LogP contribution in [0.15, 0.2) is 71.7 Å². The summed E-state index contributed by atoms with van der Waals surface area (Å²) in [7, 11) is 0. The Balaban J connectivity index is 1.26. The van der Waals surface area contributed by atoms with Crippen molar-refractivity contribution in [1.82, 2.24) is 25.1 Å². The first-order valence-electron chi connectivity index (χ1n) is 9.52. The highest BCUT2D eigenvalue weighted by atomic mass is 16.3. The quantitative estimate of drug-likeness (QED) is 0.571. The van der Waals surface area contributed by atoms with Crippen LogP contribution in [0.25, 0.3) is 22.7 Å². The van der Waals surface area contributed by atoms with Gasteiger partial charge in [-0.25, -0.2) is 0 Å². The van der Waals surface area contributed by atoms with Crippen LogP contribution >= 0.6 is 0 Å². The first-order chi connectivity index (χ1) is 13.8. The molecule has 1 atom stereocenters. The van der Waals surface area contributed by atoms with E-state index in [4.69, 9.17) is 4.42 Å². The Hall–Kier alpha value is -3.25. The Kier molecular flexibility index (Phi) is 4.47. The summed E-state index contributed by atoms with van der Waals surface area (Å²) >= 11 is 0. The zero-order valence-electron chi connectivity index (χ0n) is 15.5. The molecule has 5 heterocycles. The van der Waals surface area contributed by atoms with Crippen molar-refractivity contribution in [3.63, 3.8) is 0 Å². The van der Waals surface area contributed by atoms with Crippen LogP contribution in [-0.4, -0.2) is 38.2 Å². The monoisotopic (exact) mass is 371 g/mol. The molecule has 0 radical (unpaired) electrons. The van der Waals surface area contributed by atoms with Gasteiger partial charge in [0.1, 0.15) is 11.5 Å². The van der Waals surface area contributed by atoms with Crippen LogP contribution in [0.5, 0.6) is 0 Å². The molecule has 28 heavy (non-hydrogen) atoms. The van der Waals surface area contributed by atoms with Crippen molar-refractivity contribution in [2.45, 2.75) is 18.9 Å². The molecule has 4 aromatic heterocycles. The van der Waals surface area contributed by atoms with Gasteiger partial charge in [-0.05, 0) is 66.9 Å². The zero-order valence-corrected chi connectivity index (χ0v) is 15.5. The second-order valence-corrected chi connectivity index (χ2v) is 7.17. The Morgan fingerprint density at radius 3 is 2.82 bits per heavy atom. The molecule has 140 valence electrons. The van der Waals surface area contributed by atoms with Gasteiger partial charge in [0.2, 0.25) is 0 Å². The van der Waals surface area contributed by atoms with Crippen molar-refractivity contribution >= 4 is 0 Å². The molecule has 0 aromatic carbocycles. The topological polar surface area (TPSA) is 70.8 Å². The predicted molar refractivity (Wildman–Crippen MR) is 106 cm³/mol. The lowest BCUT2D eigenvalue weighted by Crippen LogP contribution is -2.19. The van der Waals surface area contributed by atoms with Crippen LogP contribution in [0.3, 0.4) is 0 Å². The average molecular weight is 371 g/mol. The van der Waals surface area contributed by atoms with E-state index in [-0.39, 0.29) is 0 Å². The van der Waals surface area contributed by atoms with Crippen LogP contribution < -0.4 is 0 Å². The van der Waals surface area contributed by atoms with Gasteiger partial charge in [0.25, 0.3) is 0 Å². The fourth-order valence-electron chi connectivity index (χ4n) is 3.85. The van der Waals surface area contributed by atoms with Crippen LogP contribution in [0, 0.1) is 0 Å². The molecule has 1 aliphatic heterocycles. The second-order valence-electron chi connectivity index (χ2n) is 7.17. The number of aromatic nitrogens is 4. The van der Waals surface area contributed by atoms with Crippen LogP contribution in [0.2, 0.25) is 0 Å². The largest absolute Gasteiger partial charge is 0.458 e. The number of pyridine rings is 2. The zero-order chi connectivity index (χ0) is 18.8. The molecule has 1 aliphatic rings. The standard InChI is InChI=1S/C22H21N5O/c1-2-22(20-6-11-25-26-20)28-19(1)15-27-12-7-18(14-27)17-5-10-24-21(13-17)16-3-8-23-9-4-16/h1-6,8-11,13,18H,7,12,14-15H2,(H,25,26)/t18-/m1/s1. The highest BCUT2D eigenvalue weighted by molar-refractivity contribution is 5.59. The number of furan rings is 1.